The normalized spacial score (nSPS) is 11.5. The van der Waals surface area contributed by atoms with E-state index in [4.69, 9.17) is 14.1 Å². The summed E-state index contributed by atoms with van der Waals surface area (Å²) in [5, 5.41) is 2.59. The molecule has 0 atom stereocenters. The van der Waals surface area contributed by atoms with Crippen LogP contribution in [-0.2, 0) is 4.74 Å². The number of fused-ring (bicyclic) bond motifs is 2. The number of aromatic nitrogens is 4. The number of halogens is 1. The Morgan fingerprint density at radius 1 is 0.974 bits per heavy atom. The van der Waals surface area contributed by atoms with E-state index in [0.717, 1.165) is 21.9 Å². The molecule has 0 N–H and O–H groups in total. The Morgan fingerprint density at radius 3 is 2.66 bits per heavy atom. The minimum Gasteiger partial charge on any atom is -0.501 e. The van der Waals surface area contributed by atoms with Gasteiger partial charge in [0.05, 0.1) is 18.6 Å². The second kappa shape index (κ2) is 9.74. The van der Waals surface area contributed by atoms with Crippen molar-refractivity contribution in [2.24, 2.45) is 0 Å². The van der Waals surface area contributed by atoms with Crippen LogP contribution in [-0.4, -0.2) is 26.1 Å². The number of nitrogens with zero attached hydrogens (tertiary/aromatic N) is 4. The van der Waals surface area contributed by atoms with Crippen molar-refractivity contribution in [3.63, 3.8) is 0 Å². The summed E-state index contributed by atoms with van der Waals surface area (Å²) in [7, 11) is 0. The highest BCUT2D eigenvalue weighted by Crippen LogP contribution is 2.33. The van der Waals surface area contributed by atoms with Crippen LogP contribution in [0.3, 0.4) is 0 Å². The Bertz CT molecular complexity index is 1870. The molecule has 0 radical (unpaired) electrons. The molecule has 186 valence electrons. The Kier molecular flexibility index (Phi) is 5.97. The summed E-state index contributed by atoms with van der Waals surface area (Å²) in [6.45, 7) is 2.49. The van der Waals surface area contributed by atoms with Crippen molar-refractivity contribution in [3.05, 3.63) is 113 Å². The molecule has 2 aromatic carbocycles. The number of hydrogen-bond acceptors (Lipinski definition) is 6. The van der Waals surface area contributed by atoms with E-state index in [9.17, 15) is 9.18 Å². The molecule has 7 nitrogen and oxygen atoms in total. The maximum absolute atomic E-state index is 13.7. The van der Waals surface area contributed by atoms with Gasteiger partial charge in [0.25, 0.3) is 5.56 Å². The molecule has 38 heavy (non-hydrogen) atoms. The smallest absolute Gasteiger partial charge is 0.282 e. The third-order valence-corrected chi connectivity index (χ3v) is 6.14. The zero-order chi connectivity index (χ0) is 26.1. The fourth-order valence-corrected chi connectivity index (χ4v) is 4.30. The maximum atomic E-state index is 13.7. The first-order valence-electron chi connectivity index (χ1n) is 12.0. The van der Waals surface area contributed by atoms with Gasteiger partial charge in [-0.2, -0.15) is 4.98 Å². The number of rotatable bonds is 6. The minimum atomic E-state index is -0.376. The number of oxazole rings is 1. The summed E-state index contributed by atoms with van der Waals surface area (Å²) in [5.74, 6) is 0.573. The Hall–Kier alpha value is -5.11. The number of hydrogen-bond donors (Lipinski definition) is 0. The van der Waals surface area contributed by atoms with Crippen LogP contribution in [0, 0.1) is 5.82 Å². The molecule has 0 aliphatic heterocycles. The second-order valence-electron chi connectivity index (χ2n) is 8.50. The van der Waals surface area contributed by atoms with Gasteiger partial charge in [0, 0.05) is 40.5 Å². The molecular weight excluding hydrogens is 483 g/mol. The highest BCUT2D eigenvalue weighted by Gasteiger charge is 2.20. The van der Waals surface area contributed by atoms with Gasteiger partial charge in [-0.15, -0.1) is 0 Å². The molecular formula is C30H21FN4O3. The molecule has 4 aromatic heterocycles. The maximum Gasteiger partial charge on any atom is 0.282 e. The van der Waals surface area contributed by atoms with Gasteiger partial charge >= 0.3 is 0 Å². The lowest BCUT2D eigenvalue weighted by molar-refractivity contribution is 0.272. The summed E-state index contributed by atoms with van der Waals surface area (Å²) in [6.07, 6.45) is 8.39. The number of benzene rings is 2. The van der Waals surface area contributed by atoms with E-state index in [2.05, 4.69) is 9.97 Å². The zero-order valence-corrected chi connectivity index (χ0v) is 20.3. The van der Waals surface area contributed by atoms with Crippen molar-refractivity contribution >= 4 is 27.8 Å². The highest BCUT2D eigenvalue weighted by atomic mass is 19.1. The van der Waals surface area contributed by atoms with Crippen LogP contribution in [0.1, 0.15) is 12.6 Å². The minimum absolute atomic E-state index is 0.291. The standard InChI is InChI=1S/C30H21FN4O3/c1-2-37-17-13-25-24-10-7-22(18-21(24)11-15-32-25)29-34-28(27(38-29)20-5-8-23(31)9-6-20)35-16-12-19-4-3-14-33-26(19)30(35)36/h3-18H,2H2,1H3/b17-13+. The van der Waals surface area contributed by atoms with Crippen molar-refractivity contribution in [1.29, 1.82) is 0 Å². The molecule has 0 amide bonds. The Balaban J connectivity index is 1.52. The SMILES string of the molecule is CCO/C=C/c1nccc2cc(-c3nc(-n4ccc5cccnc5c4=O)c(-c4ccc(F)cc4)o3)ccc12. The monoisotopic (exact) mass is 504 g/mol. The summed E-state index contributed by atoms with van der Waals surface area (Å²) in [5.41, 5.74) is 2.06. The predicted molar refractivity (Wildman–Crippen MR) is 144 cm³/mol. The lowest BCUT2D eigenvalue weighted by Gasteiger charge is -2.05. The lowest BCUT2D eigenvalue weighted by atomic mass is 10.1. The first-order valence-corrected chi connectivity index (χ1v) is 12.0. The van der Waals surface area contributed by atoms with Crippen LogP contribution in [0.25, 0.3) is 56.3 Å². The van der Waals surface area contributed by atoms with Crippen LogP contribution < -0.4 is 5.56 Å². The molecule has 6 rings (SSSR count). The average Bonchev–Trinajstić information content (AvgIpc) is 3.39. The van der Waals surface area contributed by atoms with Crippen molar-refractivity contribution in [1.82, 2.24) is 19.5 Å². The first kappa shape index (κ1) is 23.3. The molecule has 0 bridgehead atoms. The lowest BCUT2D eigenvalue weighted by Crippen LogP contribution is -2.19. The number of pyridine rings is 3. The van der Waals surface area contributed by atoms with E-state index in [1.165, 1.54) is 16.7 Å². The molecule has 8 heteroatoms. The molecule has 0 aliphatic rings. The molecule has 0 saturated heterocycles. The van der Waals surface area contributed by atoms with Crippen molar-refractivity contribution in [2.75, 3.05) is 6.61 Å². The molecule has 0 fully saturated rings. The van der Waals surface area contributed by atoms with Crippen LogP contribution in [0.15, 0.2) is 101 Å². The van der Waals surface area contributed by atoms with Gasteiger partial charge in [0.15, 0.2) is 11.6 Å². The van der Waals surface area contributed by atoms with Crippen molar-refractivity contribution in [3.8, 4) is 28.6 Å². The Morgan fingerprint density at radius 2 is 1.82 bits per heavy atom. The van der Waals surface area contributed by atoms with E-state index in [-0.39, 0.29) is 11.4 Å². The van der Waals surface area contributed by atoms with Crippen LogP contribution >= 0.6 is 0 Å². The fraction of sp³-hybridized carbons (Fsp3) is 0.0667. The summed E-state index contributed by atoms with van der Waals surface area (Å²) >= 11 is 0. The van der Waals surface area contributed by atoms with Gasteiger partial charge in [0.2, 0.25) is 5.89 Å². The summed E-state index contributed by atoms with van der Waals surface area (Å²) in [4.78, 5) is 26.8. The first-order chi connectivity index (χ1) is 18.6. The molecule has 0 aliphatic carbocycles. The van der Waals surface area contributed by atoms with Crippen molar-refractivity contribution in [2.45, 2.75) is 6.92 Å². The van der Waals surface area contributed by atoms with Gasteiger partial charge in [-0.1, -0.05) is 12.1 Å². The van der Waals surface area contributed by atoms with Gasteiger partial charge in [-0.3, -0.25) is 19.3 Å². The van der Waals surface area contributed by atoms with E-state index in [1.807, 2.05) is 43.3 Å². The van der Waals surface area contributed by atoms with E-state index in [0.29, 0.717) is 40.7 Å². The van der Waals surface area contributed by atoms with E-state index >= 15 is 0 Å². The van der Waals surface area contributed by atoms with Crippen LogP contribution in [0.2, 0.25) is 0 Å². The molecule has 4 heterocycles. The molecule has 0 spiro atoms. The molecule has 0 saturated carbocycles. The van der Waals surface area contributed by atoms with Gasteiger partial charge in [-0.05, 0) is 73.0 Å². The zero-order valence-electron chi connectivity index (χ0n) is 20.3. The molecule has 6 aromatic rings. The topological polar surface area (TPSA) is 83.0 Å². The van der Waals surface area contributed by atoms with Gasteiger partial charge in [-0.25, -0.2) is 4.39 Å². The van der Waals surface area contributed by atoms with Gasteiger partial charge < -0.3 is 9.15 Å². The average molecular weight is 505 g/mol. The van der Waals surface area contributed by atoms with E-state index in [1.54, 1.807) is 49.1 Å². The molecule has 0 unspecified atom stereocenters. The predicted octanol–water partition coefficient (Wildman–Crippen LogP) is 6.40. The number of ether oxygens (including phenoxy) is 1. The van der Waals surface area contributed by atoms with E-state index < -0.39 is 0 Å². The van der Waals surface area contributed by atoms with Crippen LogP contribution in [0.5, 0.6) is 0 Å². The third-order valence-electron chi connectivity index (χ3n) is 6.14. The van der Waals surface area contributed by atoms with Crippen molar-refractivity contribution < 1.29 is 13.5 Å². The third kappa shape index (κ3) is 4.22. The fourth-order valence-electron chi connectivity index (χ4n) is 4.30. The van der Waals surface area contributed by atoms with Crippen LogP contribution in [0.4, 0.5) is 4.39 Å². The summed E-state index contributed by atoms with van der Waals surface area (Å²) < 4.78 is 26.7. The summed E-state index contributed by atoms with van der Waals surface area (Å²) in [6, 6.07) is 18.9. The van der Waals surface area contributed by atoms with Gasteiger partial charge in [0.1, 0.15) is 11.3 Å². The quantitative estimate of drug-likeness (QED) is 0.244. The largest absolute Gasteiger partial charge is 0.501 e. The Labute approximate surface area is 216 Å². The second-order valence-corrected chi connectivity index (χ2v) is 8.50. The highest BCUT2D eigenvalue weighted by molar-refractivity contribution is 5.91.